The maximum Gasteiger partial charge on any atom is 0.0319 e. The Morgan fingerprint density at radius 2 is 1.63 bits per heavy atom. The van der Waals surface area contributed by atoms with Crippen molar-refractivity contribution < 1.29 is 0 Å². The van der Waals surface area contributed by atoms with Crippen LogP contribution < -0.4 is 5.73 Å². The van der Waals surface area contributed by atoms with Gasteiger partial charge in [-0.15, -0.1) is 24.8 Å². The summed E-state index contributed by atoms with van der Waals surface area (Å²) in [5.74, 6) is 0. The molecule has 1 saturated heterocycles. The standard InChI is InChI=1S/C15H24N2.2ClH/c1-13(17-11-3-2-4-12-17)15-7-5-14(6-8-15)9-10-16;;/h5-8,13H,2-4,9-12,16H2,1H3;2*1H. The van der Waals surface area contributed by atoms with Crippen molar-refractivity contribution in [3.05, 3.63) is 35.4 Å². The van der Waals surface area contributed by atoms with Gasteiger partial charge in [0.25, 0.3) is 0 Å². The molecule has 1 unspecified atom stereocenters. The van der Waals surface area contributed by atoms with Gasteiger partial charge >= 0.3 is 0 Å². The van der Waals surface area contributed by atoms with E-state index in [2.05, 4.69) is 36.1 Å². The second-order valence-corrected chi connectivity index (χ2v) is 5.05. The van der Waals surface area contributed by atoms with E-state index in [-0.39, 0.29) is 24.8 Å². The van der Waals surface area contributed by atoms with E-state index < -0.39 is 0 Å². The first kappa shape index (κ1) is 18.7. The van der Waals surface area contributed by atoms with E-state index >= 15 is 0 Å². The van der Waals surface area contributed by atoms with Crippen molar-refractivity contribution in [1.82, 2.24) is 4.90 Å². The van der Waals surface area contributed by atoms with E-state index in [1.54, 1.807) is 0 Å². The Kier molecular flexibility index (Phi) is 9.46. The Hall–Kier alpha value is -0.280. The lowest BCUT2D eigenvalue weighted by Crippen LogP contribution is -2.32. The van der Waals surface area contributed by atoms with Crippen LogP contribution in [0.2, 0.25) is 0 Å². The Balaban J connectivity index is 0.00000162. The first-order valence-corrected chi connectivity index (χ1v) is 6.84. The lowest BCUT2D eigenvalue weighted by atomic mass is 10.0. The van der Waals surface area contributed by atoms with Gasteiger partial charge < -0.3 is 5.73 Å². The quantitative estimate of drug-likeness (QED) is 0.921. The molecule has 2 N–H and O–H groups in total. The molecule has 1 atom stereocenters. The molecule has 2 rings (SSSR count). The summed E-state index contributed by atoms with van der Waals surface area (Å²) < 4.78 is 0. The maximum atomic E-state index is 5.57. The van der Waals surface area contributed by atoms with Gasteiger partial charge in [0.05, 0.1) is 0 Å². The van der Waals surface area contributed by atoms with Crippen LogP contribution in [0.1, 0.15) is 43.4 Å². The van der Waals surface area contributed by atoms with Crippen LogP contribution in [0.5, 0.6) is 0 Å². The van der Waals surface area contributed by atoms with Crippen LogP contribution in [0, 0.1) is 0 Å². The average molecular weight is 305 g/mol. The molecular weight excluding hydrogens is 279 g/mol. The van der Waals surface area contributed by atoms with Crippen molar-refractivity contribution in [3.8, 4) is 0 Å². The van der Waals surface area contributed by atoms with Gasteiger partial charge in [-0.3, -0.25) is 4.90 Å². The van der Waals surface area contributed by atoms with Crippen molar-refractivity contribution in [2.24, 2.45) is 5.73 Å². The molecule has 1 aliphatic heterocycles. The number of likely N-dealkylation sites (tertiary alicyclic amines) is 1. The predicted molar refractivity (Wildman–Crippen MR) is 87.5 cm³/mol. The van der Waals surface area contributed by atoms with Crippen LogP contribution in [-0.4, -0.2) is 24.5 Å². The van der Waals surface area contributed by atoms with Gasteiger partial charge in [0, 0.05) is 6.04 Å². The largest absolute Gasteiger partial charge is 0.330 e. The summed E-state index contributed by atoms with van der Waals surface area (Å²) in [6.45, 7) is 5.57. The third-order valence-electron chi connectivity index (χ3n) is 3.83. The summed E-state index contributed by atoms with van der Waals surface area (Å²) in [7, 11) is 0. The Bertz CT molecular complexity index is 335. The molecule has 1 aromatic rings. The van der Waals surface area contributed by atoms with Crippen molar-refractivity contribution >= 4 is 24.8 Å². The molecule has 0 amide bonds. The van der Waals surface area contributed by atoms with Gasteiger partial charge in [-0.1, -0.05) is 30.7 Å². The number of hydrogen-bond acceptors (Lipinski definition) is 2. The summed E-state index contributed by atoms with van der Waals surface area (Å²) >= 11 is 0. The van der Waals surface area contributed by atoms with Crippen LogP contribution in [0.3, 0.4) is 0 Å². The van der Waals surface area contributed by atoms with Crippen LogP contribution in [0.4, 0.5) is 0 Å². The SMILES string of the molecule is CC(c1ccc(CCN)cc1)N1CCCCC1.Cl.Cl. The van der Waals surface area contributed by atoms with Crippen LogP contribution in [0.15, 0.2) is 24.3 Å². The molecule has 19 heavy (non-hydrogen) atoms. The van der Waals surface area contributed by atoms with E-state index in [1.165, 1.54) is 43.5 Å². The third-order valence-corrected chi connectivity index (χ3v) is 3.83. The molecule has 0 radical (unpaired) electrons. The number of halogens is 2. The zero-order valence-electron chi connectivity index (χ0n) is 11.7. The molecule has 0 saturated carbocycles. The predicted octanol–water partition coefficient (Wildman–Crippen LogP) is 3.58. The number of benzene rings is 1. The molecule has 0 bridgehead atoms. The average Bonchev–Trinajstić information content (AvgIpc) is 2.40. The van der Waals surface area contributed by atoms with E-state index in [0.717, 1.165) is 13.0 Å². The number of nitrogens with zero attached hydrogens (tertiary/aromatic N) is 1. The molecule has 0 aromatic heterocycles. The highest BCUT2D eigenvalue weighted by Gasteiger charge is 2.17. The minimum Gasteiger partial charge on any atom is -0.330 e. The van der Waals surface area contributed by atoms with Crippen LogP contribution >= 0.6 is 24.8 Å². The molecule has 2 nitrogen and oxygen atoms in total. The first-order valence-electron chi connectivity index (χ1n) is 6.84. The van der Waals surface area contributed by atoms with Crippen LogP contribution in [0.25, 0.3) is 0 Å². The van der Waals surface area contributed by atoms with Crippen molar-refractivity contribution in [3.63, 3.8) is 0 Å². The molecule has 110 valence electrons. The third kappa shape index (κ3) is 5.31. The number of rotatable bonds is 4. The van der Waals surface area contributed by atoms with Gasteiger partial charge in [0.1, 0.15) is 0 Å². The zero-order chi connectivity index (χ0) is 12.1. The highest BCUT2D eigenvalue weighted by atomic mass is 35.5. The monoisotopic (exact) mass is 304 g/mol. The van der Waals surface area contributed by atoms with Crippen molar-refractivity contribution in [2.75, 3.05) is 19.6 Å². The summed E-state index contributed by atoms with van der Waals surface area (Å²) in [5.41, 5.74) is 8.35. The molecular formula is C15H26Cl2N2. The fourth-order valence-electron chi connectivity index (χ4n) is 2.65. The Morgan fingerprint density at radius 1 is 1.05 bits per heavy atom. The topological polar surface area (TPSA) is 29.3 Å². The number of hydrogen-bond donors (Lipinski definition) is 1. The van der Waals surface area contributed by atoms with E-state index in [1.807, 2.05) is 0 Å². The van der Waals surface area contributed by atoms with Gasteiger partial charge in [-0.25, -0.2) is 0 Å². The fraction of sp³-hybridized carbons (Fsp3) is 0.600. The van der Waals surface area contributed by atoms with Gasteiger partial charge in [0.2, 0.25) is 0 Å². The highest BCUT2D eigenvalue weighted by Crippen LogP contribution is 2.24. The molecule has 1 fully saturated rings. The molecule has 1 aliphatic rings. The minimum absolute atomic E-state index is 0. The second kappa shape index (κ2) is 9.60. The molecule has 1 aromatic carbocycles. The molecule has 0 spiro atoms. The molecule has 4 heteroatoms. The smallest absolute Gasteiger partial charge is 0.0319 e. The summed E-state index contributed by atoms with van der Waals surface area (Å²) in [6, 6.07) is 9.54. The normalized spacial score (nSPS) is 17.2. The fourth-order valence-corrected chi connectivity index (χ4v) is 2.65. The Labute approximate surface area is 129 Å². The lowest BCUT2D eigenvalue weighted by molar-refractivity contribution is 0.175. The zero-order valence-corrected chi connectivity index (χ0v) is 13.3. The number of piperidine rings is 1. The second-order valence-electron chi connectivity index (χ2n) is 5.05. The first-order chi connectivity index (χ1) is 8.31. The minimum atomic E-state index is 0. The van der Waals surface area contributed by atoms with E-state index in [4.69, 9.17) is 5.73 Å². The number of nitrogens with two attached hydrogens (primary N) is 1. The molecule has 0 aliphatic carbocycles. The summed E-state index contributed by atoms with van der Waals surface area (Å²) in [4.78, 5) is 2.60. The van der Waals surface area contributed by atoms with Gasteiger partial charge in [-0.05, 0) is 56.9 Å². The van der Waals surface area contributed by atoms with Gasteiger partial charge in [0.15, 0.2) is 0 Å². The highest BCUT2D eigenvalue weighted by molar-refractivity contribution is 5.85. The van der Waals surface area contributed by atoms with E-state index in [9.17, 15) is 0 Å². The summed E-state index contributed by atoms with van der Waals surface area (Å²) in [5, 5.41) is 0. The van der Waals surface area contributed by atoms with Crippen molar-refractivity contribution in [1.29, 1.82) is 0 Å². The van der Waals surface area contributed by atoms with Crippen molar-refractivity contribution in [2.45, 2.75) is 38.6 Å². The van der Waals surface area contributed by atoms with Gasteiger partial charge in [-0.2, -0.15) is 0 Å². The molecule has 1 heterocycles. The summed E-state index contributed by atoms with van der Waals surface area (Å²) in [6.07, 6.45) is 5.10. The lowest BCUT2D eigenvalue weighted by Gasteiger charge is -2.32. The Morgan fingerprint density at radius 3 is 2.16 bits per heavy atom. The van der Waals surface area contributed by atoms with Crippen LogP contribution in [-0.2, 0) is 6.42 Å². The van der Waals surface area contributed by atoms with E-state index in [0.29, 0.717) is 6.04 Å². The maximum absolute atomic E-state index is 5.57.